The van der Waals surface area contributed by atoms with Gasteiger partial charge >= 0.3 is 0 Å². The Balaban J connectivity index is 1.12. The van der Waals surface area contributed by atoms with Crippen LogP contribution in [0.3, 0.4) is 0 Å². The van der Waals surface area contributed by atoms with Crippen molar-refractivity contribution < 1.29 is 0 Å². The van der Waals surface area contributed by atoms with Crippen LogP contribution >= 0.6 is 0 Å². The third-order valence-electron chi connectivity index (χ3n) is 23.2. The summed E-state index contributed by atoms with van der Waals surface area (Å²) in [5.74, 6) is 0. The van der Waals surface area contributed by atoms with Gasteiger partial charge in [-0.25, -0.2) is 0 Å². The second-order valence-corrected chi connectivity index (χ2v) is 38.9. The maximum absolute atomic E-state index is 2.71. The van der Waals surface area contributed by atoms with E-state index in [1.165, 1.54) is 127 Å². The van der Waals surface area contributed by atoms with Gasteiger partial charge in [-0.1, -0.05) is 263 Å². The molecule has 14 aromatic rings. The molecule has 0 N–H and O–H groups in total. The first-order valence-electron chi connectivity index (χ1n) is 38.2. The van der Waals surface area contributed by atoms with E-state index in [1.807, 2.05) is 0 Å². The van der Waals surface area contributed by atoms with Crippen molar-refractivity contribution >= 4 is 123 Å². The van der Waals surface area contributed by atoms with Crippen molar-refractivity contribution in [1.29, 1.82) is 0 Å². The molecule has 0 saturated heterocycles. The molecule has 5 nitrogen and oxygen atoms in total. The minimum Gasteiger partial charge on any atom is -0.310 e. The zero-order valence-electron chi connectivity index (χ0n) is 66.4. The van der Waals surface area contributed by atoms with Crippen molar-refractivity contribution in [2.75, 3.05) is 9.80 Å². The van der Waals surface area contributed by atoms with Crippen molar-refractivity contribution in [1.82, 2.24) is 13.7 Å². The van der Waals surface area contributed by atoms with Crippen LogP contribution in [-0.4, -0.2) is 20.4 Å². The fourth-order valence-electron chi connectivity index (χ4n) is 17.0. The van der Waals surface area contributed by atoms with Crippen LogP contribution in [-0.2, 0) is 43.3 Å². The van der Waals surface area contributed by atoms with E-state index in [4.69, 9.17) is 0 Å². The van der Waals surface area contributed by atoms with Gasteiger partial charge in [0.25, 0.3) is 6.71 Å². The van der Waals surface area contributed by atoms with Crippen molar-refractivity contribution in [3.63, 3.8) is 0 Å². The minimum atomic E-state index is -0.135. The van der Waals surface area contributed by atoms with Crippen molar-refractivity contribution in [2.45, 2.75) is 209 Å². The molecule has 104 heavy (non-hydrogen) atoms. The lowest BCUT2D eigenvalue weighted by atomic mass is 9.34. The Hall–Kier alpha value is -9.52. The number of rotatable bonds is 7. The molecule has 526 valence electrons. The van der Waals surface area contributed by atoms with Gasteiger partial charge in [0.05, 0.1) is 39.1 Å². The highest BCUT2D eigenvalue weighted by Crippen LogP contribution is 2.51. The van der Waals surface area contributed by atoms with E-state index in [2.05, 4.69) is 396 Å². The maximum atomic E-state index is 2.71. The highest BCUT2D eigenvalue weighted by atomic mass is 15.2. The summed E-state index contributed by atoms with van der Waals surface area (Å²) in [6, 6.07) is 82.2. The van der Waals surface area contributed by atoms with E-state index in [-0.39, 0.29) is 50.0 Å². The Kier molecular flexibility index (Phi) is 15.2. The quantitative estimate of drug-likeness (QED) is 0.148. The summed E-state index contributed by atoms with van der Waals surface area (Å²) in [6.45, 7) is 56.3. The number of hydrogen-bond donors (Lipinski definition) is 0. The van der Waals surface area contributed by atoms with E-state index < -0.39 is 0 Å². The summed E-state index contributed by atoms with van der Waals surface area (Å²) in [5, 5.41) is 7.56. The SMILES string of the molecule is CC(C)(C)c1ccc(N(c2ccc(C(C)(C)C)cc2)c2cccc3c4cccc(N(c5ccc(C(C)(C)C)cc5)c5ccc(C(C)(C)C)cc5)c4n(-c4cc5c6c(c4)-n4c7ccc(C(C)(C)C)cc7c7cc(C(C)(C)C)cc(c74)B6c4cc(C(C)(C)C)cc6c7cc(C(C)(C)C)ccc7n-5c46)c23)cc1. The largest absolute Gasteiger partial charge is 0.310 e. The van der Waals surface area contributed by atoms with Gasteiger partial charge in [-0.3, -0.25) is 0 Å². The molecule has 0 saturated carbocycles. The number of fused-ring (bicyclic) bond motifs is 13. The first-order valence-corrected chi connectivity index (χ1v) is 38.2. The number of hydrogen-bond acceptors (Lipinski definition) is 2. The topological polar surface area (TPSA) is 21.3 Å². The highest BCUT2D eigenvalue weighted by molar-refractivity contribution is 7.00. The molecule has 0 aliphatic carbocycles. The molecule has 3 aromatic heterocycles. The molecule has 6 heteroatoms. The summed E-state index contributed by atoms with van der Waals surface area (Å²) < 4.78 is 8.14. The fraction of sp³-hybridized carbons (Fsp3) is 0.327. The van der Waals surface area contributed by atoms with Gasteiger partial charge in [0.1, 0.15) is 0 Å². The smallest absolute Gasteiger partial charge is 0.252 e. The third-order valence-corrected chi connectivity index (χ3v) is 23.2. The maximum Gasteiger partial charge on any atom is 0.252 e. The monoisotopic (exact) mass is 1360 g/mol. The number of benzene rings is 11. The molecule has 0 radical (unpaired) electrons. The van der Waals surface area contributed by atoms with Gasteiger partial charge in [-0.05, 0) is 213 Å². The summed E-state index contributed by atoms with van der Waals surface area (Å²) in [5.41, 5.74) is 31.4. The first-order chi connectivity index (χ1) is 48.6. The molecule has 5 heterocycles. The predicted molar refractivity (Wildman–Crippen MR) is 453 cm³/mol. The average Bonchev–Trinajstić information content (AvgIpc) is 1.46. The summed E-state index contributed by atoms with van der Waals surface area (Å²) in [6.07, 6.45) is 0. The normalized spacial score (nSPS) is 13.8. The van der Waals surface area contributed by atoms with Gasteiger partial charge in [-0.2, -0.15) is 0 Å². The number of anilines is 6. The number of para-hydroxylation sites is 2. The van der Waals surface area contributed by atoms with Crippen LogP contribution in [0.25, 0.3) is 82.5 Å². The van der Waals surface area contributed by atoms with E-state index >= 15 is 0 Å². The molecule has 0 unspecified atom stereocenters. The van der Waals surface area contributed by atoms with Crippen LogP contribution in [0.2, 0.25) is 0 Å². The van der Waals surface area contributed by atoms with Crippen LogP contribution in [0.4, 0.5) is 34.1 Å². The number of aromatic nitrogens is 3. The molecule has 0 atom stereocenters. The van der Waals surface area contributed by atoms with E-state index in [9.17, 15) is 0 Å². The molecule has 0 fully saturated rings. The average molecular weight is 1360 g/mol. The predicted octanol–water partition coefficient (Wildman–Crippen LogP) is 25.4. The van der Waals surface area contributed by atoms with Gasteiger partial charge in [-0.15, -0.1) is 0 Å². The Morgan fingerprint density at radius 2 is 0.519 bits per heavy atom. The lowest BCUT2D eigenvalue weighted by molar-refractivity contribution is 0.590. The third kappa shape index (κ3) is 11.1. The molecule has 0 bridgehead atoms. The highest BCUT2D eigenvalue weighted by Gasteiger charge is 2.44. The van der Waals surface area contributed by atoms with Gasteiger partial charge in [0.2, 0.25) is 0 Å². The van der Waals surface area contributed by atoms with Crippen LogP contribution in [0, 0.1) is 0 Å². The lowest BCUT2D eigenvalue weighted by Crippen LogP contribution is -2.59. The van der Waals surface area contributed by atoms with Crippen molar-refractivity contribution in [3.8, 4) is 17.1 Å². The van der Waals surface area contributed by atoms with Crippen molar-refractivity contribution in [2.24, 2.45) is 0 Å². The standard InChI is InChI=1S/C98H106BN5/c1-91(2,3)59-31-41-67(42-32-59)100(68-43-33-60(34-44-68)92(4,5)6)82-29-25-27-72-73-28-26-30-83(101(69-45-35-61(36-46-69)93(7,8)9)70-47-37-62(38-48-70)94(10,11)12)90(73)102(89(72)82)71-57-84-86-85(58-71)104-81-50-40-64(96(16,17)18)52-75(81)77-54-66(98(22,23)24)56-79(88(77)104)99(86)78-55-65(97(19,20)21)53-76-74-51-63(95(13,14)15)39-49-80(74)103(84)87(76)78/h25-58H,1-24H3. The molecule has 2 aliphatic rings. The zero-order chi connectivity index (χ0) is 74.0. The fourth-order valence-corrected chi connectivity index (χ4v) is 17.0. The zero-order valence-corrected chi connectivity index (χ0v) is 66.4. The molecule has 2 aliphatic heterocycles. The Morgan fingerprint density at radius 3 is 0.808 bits per heavy atom. The van der Waals surface area contributed by atoms with E-state index in [0.29, 0.717) is 0 Å². The summed E-state index contributed by atoms with van der Waals surface area (Å²) in [4.78, 5) is 5.08. The van der Waals surface area contributed by atoms with Gasteiger partial charge < -0.3 is 23.5 Å². The Bertz CT molecular complexity index is 5360. The Labute approximate surface area is 619 Å². The van der Waals surface area contributed by atoms with Crippen molar-refractivity contribution in [3.05, 3.63) is 251 Å². The summed E-state index contributed by atoms with van der Waals surface area (Å²) >= 11 is 0. The molecular formula is C98H106BN5. The lowest BCUT2D eigenvalue weighted by Gasteiger charge is -2.36. The molecular weight excluding hydrogens is 1260 g/mol. The van der Waals surface area contributed by atoms with Crippen LogP contribution in [0.15, 0.2) is 206 Å². The number of nitrogens with zero attached hydrogens (tertiary/aromatic N) is 5. The van der Waals surface area contributed by atoms with E-state index in [1.54, 1.807) is 0 Å². The molecule has 0 spiro atoms. The summed E-state index contributed by atoms with van der Waals surface area (Å²) in [7, 11) is 0. The second-order valence-electron chi connectivity index (χ2n) is 38.9. The molecule has 11 aromatic carbocycles. The Morgan fingerprint density at radius 1 is 0.240 bits per heavy atom. The van der Waals surface area contributed by atoms with Crippen LogP contribution < -0.4 is 26.2 Å². The van der Waals surface area contributed by atoms with Gasteiger partial charge in [0.15, 0.2) is 0 Å². The van der Waals surface area contributed by atoms with E-state index in [0.717, 1.165) is 50.8 Å². The first kappa shape index (κ1) is 68.9. The molecule has 16 rings (SSSR count). The van der Waals surface area contributed by atoms with Gasteiger partial charge in [0, 0.05) is 77.5 Å². The van der Waals surface area contributed by atoms with Crippen LogP contribution in [0.5, 0.6) is 0 Å². The second kappa shape index (κ2) is 23.0. The molecule has 0 amide bonds. The van der Waals surface area contributed by atoms with Crippen LogP contribution in [0.1, 0.15) is 211 Å². The minimum absolute atomic E-state index is 0.0416.